The Morgan fingerprint density at radius 1 is 1.00 bits per heavy atom. The van der Waals surface area contributed by atoms with Crippen molar-refractivity contribution in [3.05, 3.63) is 60.7 Å². The number of hydrogen-bond donors (Lipinski definition) is 3. The van der Waals surface area contributed by atoms with Crippen molar-refractivity contribution in [2.45, 2.75) is 30.7 Å². The number of aliphatic hydroxyl groups excluding tert-OH is 1. The standard InChI is InChI=1S/C22H28N4O3/c23-22(28)24-18-15-19(29-17-9-5-2-6-10-17)21(27)20(18)26-13-11-25(12-14-26)16-7-3-1-4-8-16/h1-10,18-21,27H,11-15H2,(H3,23,24,28)/t18-,19-,20+,21+/m1/s1. The van der Waals surface area contributed by atoms with Crippen molar-refractivity contribution in [1.29, 1.82) is 0 Å². The molecule has 2 fully saturated rings. The van der Waals surface area contributed by atoms with E-state index in [2.05, 4.69) is 27.2 Å². The van der Waals surface area contributed by atoms with Gasteiger partial charge in [0, 0.05) is 38.3 Å². The number of benzene rings is 2. The highest BCUT2D eigenvalue weighted by Crippen LogP contribution is 2.30. The van der Waals surface area contributed by atoms with Crippen LogP contribution in [0, 0.1) is 0 Å². The maximum Gasteiger partial charge on any atom is 0.312 e. The number of urea groups is 1. The summed E-state index contributed by atoms with van der Waals surface area (Å²) in [5.74, 6) is 0.712. The molecular weight excluding hydrogens is 368 g/mol. The van der Waals surface area contributed by atoms with Crippen molar-refractivity contribution in [1.82, 2.24) is 10.2 Å². The topological polar surface area (TPSA) is 91.1 Å². The Balaban J connectivity index is 1.44. The Labute approximate surface area is 171 Å². The van der Waals surface area contributed by atoms with E-state index in [4.69, 9.17) is 10.5 Å². The lowest BCUT2D eigenvalue weighted by Gasteiger charge is -2.41. The highest BCUT2D eigenvalue weighted by molar-refractivity contribution is 5.72. The van der Waals surface area contributed by atoms with Gasteiger partial charge in [0.25, 0.3) is 0 Å². The van der Waals surface area contributed by atoms with Crippen LogP contribution in [0.4, 0.5) is 10.5 Å². The Morgan fingerprint density at radius 2 is 1.62 bits per heavy atom. The van der Waals surface area contributed by atoms with Crippen LogP contribution in [0.3, 0.4) is 0 Å². The van der Waals surface area contributed by atoms with Crippen molar-refractivity contribution < 1.29 is 14.6 Å². The van der Waals surface area contributed by atoms with Crippen LogP contribution in [0.2, 0.25) is 0 Å². The van der Waals surface area contributed by atoms with Gasteiger partial charge in [-0.25, -0.2) is 4.79 Å². The molecule has 4 N–H and O–H groups in total. The van der Waals surface area contributed by atoms with Gasteiger partial charge in [-0.2, -0.15) is 0 Å². The number of carbonyl (C=O) groups is 1. The molecule has 1 aliphatic heterocycles. The zero-order chi connectivity index (χ0) is 20.2. The minimum Gasteiger partial charge on any atom is -0.488 e. The molecule has 7 heteroatoms. The molecule has 2 aromatic carbocycles. The number of nitrogens with two attached hydrogens (primary N) is 1. The van der Waals surface area contributed by atoms with Crippen LogP contribution >= 0.6 is 0 Å². The summed E-state index contributed by atoms with van der Waals surface area (Å²) in [5.41, 5.74) is 6.61. The maximum absolute atomic E-state index is 11.6. The van der Waals surface area contributed by atoms with Gasteiger partial charge in [-0.1, -0.05) is 36.4 Å². The predicted molar refractivity (Wildman–Crippen MR) is 112 cm³/mol. The van der Waals surface area contributed by atoms with Crippen molar-refractivity contribution in [3.8, 4) is 5.75 Å². The van der Waals surface area contributed by atoms with Crippen molar-refractivity contribution in [2.75, 3.05) is 31.1 Å². The predicted octanol–water partition coefficient (Wildman–Crippen LogP) is 1.43. The summed E-state index contributed by atoms with van der Waals surface area (Å²) in [5, 5.41) is 13.9. The molecule has 0 bridgehead atoms. The van der Waals surface area contributed by atoms with Crippen LogP contribution < -0.4 is 20.7 Å². The van der Waals surface area contributed by atoms with Crippen LogP contribution in [-0.2, 0) is 0 Å². The second-order valence-corrected chi connectivity index (χ2v) is 7.66. The summed E-state index contributed by atoms with van der Waals surface area (Å²) >= 11 is 0. The van der Waals surface area contributed by atoms with Gasteiger partial charge in [0.1, 0.15) is 18.0 Å². The second-order valence-electron chi connectivity index (χ2n) is 7.66. The quantitative estimate of drug-likeness (QED) is 0.711. The first-order chi connectivity index (χ1) is 14.1. The number of primary amides is 1. The lowest BCUT2D eigenvalue weighted by molar-refractivity contribution is 0.00578. The third-order valence-electron chi connectivity index (χ3n) is 5.84. The molecule has 2 amide bonds. The first-order valence-corrected chi connectivity index (χ1v) is 10.1. The summed E-state index contributed by atoms with van der Waals surface area (Å²) in [6, 6.07) is 18.7. The van der Waals surface area contributed by atoms with E-state index >= 15 is 0 Å². The molecule has 1 saturated heterocycles. The number of nitrogens with zero attached hydrogens (tertiary/aromatic N) is 2. The average molecular weight is 396 g/mol. The molecule has 0 spiro atoms. The maximum atomic E-state index is 11.6. The van der Waals surface area contributed by atoms with Gasteiger partial charge in [-0.15, -0.1) is 0 Å². The fourth-order valence-electron chi connectivity index (χ4n) is 4.49. The number of para-hydroxylation sites is 2. The Bertz CT molecular complexity index is 796. The molecule has 2 aromatic rings. The number of hydrogen-bond acceptors (Lipinski definition) is 5. The molecule has 29 heavy (non-hydrogen) atoms. The Kier molecular flexibility index (Phi) is 5.87. The van der Waals surface area contributed by atoms with Gasteiger partial charge >= 0.3 is 6.03 Å². The highest BCUT2D eigenvalue weighted by Gasteiger charge is 2.47. The smallest absolute Gasteiger partial charge is 0.312 e. The average Bonchev–Trinajstić information content (AvgIpc) is 3.03. The normalized spacial score (nSPS) is 27.6. The van der Waals surface area contributed by atoms with E-state index in [1.807, 2.05) is 48.5 Å². The van der Waals surface area contributed by atoms with Gasteiger partial charge in [-0.3, -0.25) is 4.90 Å². The number of anilines is 1. The zero-order valence-electron chi connectivity index (χ0n) is 16.4. The van der Waals surface area contributed by atoms with E-state index in [1.54, 1.807) is 0 Å². The zero-order valence-corrected chi connectivity index (χ0v) is 16.4. The monoisotopic (exact) mass is 396 g/mol. The molecule has 4 atom stereocenters. The molecule has 7 nitrogen and oxygen atoms in total. The Hall–Kier alpha value is -2.77. The molecule has 0 aromatic heterocycles. The van der Waals surface area contributed by atoms with Gasteiger partial charge in [-0.05, 0) is 24.3 Å². The number of piperazine rings is 1. The summed E-state index contributed by atoms with van der Waals surface area (Å²) < 4.78 is 6.03. The van der Waals surface area contributed by atoms with Crippen molar-refractivity contribution in [2.24, 2.45) is 5.73 Å². The lowest BCUT2D eigenvalue weighted by atomic mass is 10.1. The van der Waals surface area contributed by atoms with Crippen molar-refractivity contribution >= 4 is 11.7 Å². The summed E-state index contributed by atoms with van der Waals surface area (Å²) in [7, 11) is 0. The number of aliphatic hydroxyl groups is 1. The van der Waals surface area contributed by atoms with E-state index in [0.717, 1.165) is 26.2 Å². The molecule has 154 valence electrons. The SMILES string of the molecule is NC(=O)N[C@@H]1C[C@@H](Oc2ccccc2)[C@H](O)[C@H]1N1CCN(c2ccccc2)CC1. The van der Waals surface area contributed by atoms with E-state index in [0.29, 0.717) is 12.2 Å². The minimum absolute atomic E-state index is 0.228. The van der Waals surface area contributed by atoms with Crippen LogP contribution in [0.25, 0.3) is 0 Å². The highest BCUT2D eigenvalue weighted by atomic mass is 16.5. The second kappa shape index (κ2) is 8.71. The van der Waals surface area contributed by atoms with E-state index in [9.17, 15) is 9.90 Å². The number of ether oxygens (including phenoxy) is 1. The molecule has 0 unspecified atom stereocenters. The molecule has 1 heterocycles. The van der Waals surface area contributed by atoms with Crippen LogP contribution in [0.5, 0.6) is 5.75 Å². The van der Waals surface area contributed by atoms with Crippen LogP contribution in [-0.4, -0.2) is 66.5 Å². The van der Waals surface area contributed by atoms with Crippen LogP contribution in [0.15, 0.2) is 60.7 Å². The van der Waals surface area contributed by atoms with Gasteiger partial charge < -0.3 is 25.8 Å². The van der Waals surface area contributed by atoms with E-state index < -0.39 is 18.2 Å². The summed E-state index contributed by atoms with van der Waals surface area (Å²) in [6.07, 6.45) is -0.593. The molecule has 0 radical (unpaired) electrons. The molecule has 2 aliphatic rings. The molecular formula is C22H28N4O3. The van der Waals surface area contributed by atoms with E-state index in [1.165, 1.54) is 5.69 Å². The third-order valence-corrected chi connectivity index (χ3v) is 5.84. The fourth-order valence-corrected chi connectivity index (χ4v) is 4.49. The fraction of sp³-hybridized carbons (Fsp3) is 0.409. The molecule has 1 aliphatic carbocycles. The number of amides is 2. The first kappa shape index (κ1) is 19.5. The Morgan fingerprint density at radius 3 is 2.24 bits per heavy atom. The minimum atomic E-state index is -0.713. The number of nitrogens with one attached hydrogen (secondary N) is 1. The molecule has 4 rings (SSSR count). The largest absolute Gasteiger partial charge is 0.488 e. The van der Waals surface area contributed by atoms with Gasteiger partial charge in [0.15, 0.2) is 0 Å². The summed E-state index contributed by atoms with van der Waals surface area (Å²) in [6.45, 7) is 3.32. The van der Waals surface area contributed by atoms with Gasteiger partial charge in [0.05, 0.1) is 12.1 Å². The summed E-state index contributed by atoms with van der Waals surface area (Å²) in [4.78, 5) is 16.1. The number of rotatable bonds is 5. The van der Waals surface area contributed by atoms with Crippen LogP contribution in [0.1, 0.15) is 6.42 Å². The molecule has 1 saturated carbocycles. The van der Waals surface area contributed by atoms with Gasteiger partial charge in [0.2, 0.25) is 0 Å². The first-order valence-electron chi connectivity index (χ1n) is 10.1. The lowest BCUT2D eigenvalue weighted by Crippen LogP contribution is -2.59. The number of carbonyl (C=O) groups excluding carboxylic acids is 1. The third kappa shape index (κ3) is 4.46. The van der Waals surface area contributed by atoms with Crippen molar-refractivity contribution in [3.63, 3.8) is 0 Å². The van der Waals surface area contributed by atoms with E-state index in [-0.39, 0.29) is 12.1 Å².